The maximum atomic E-state index is 12.4. The number of benzene rings is 1. The van der Waals surface area contributed by atoms with E-state index >= 15 is 0 Å². The highest BCUT2D eigenvalue weighted by Gasteiger charge is 2.23. The summed E-state index contributed by atoms with van der Waals surface area (Å²) in [7, 11) is 1.55. The Morgan fingerprint density at radius 1 is 1.16 bits per heavy atom. The van der Waals surface area contributed by atoms with Crippen LogP contribution in [-0.2, 0) is 11.3 Å². The Balaban J connectivity index is 1.41. The standard InChI is InChI=1S/C21H23N5O4S/c1-29-16-8-6-15(7-9-16)19(28)22-18(27)14-31-21-24-23-20(25-10-2-3-11-25)26(21)13-17-5-4-12-30-17/h4-9,12H,2-3,10-11,13-14H2,1H3,(H,22,27,28). The van der Waals surface area contributed by atoms with Gasteiger partial charge in [-0.05, 0) is 49.2 Å². The van der Waals surface area contributed by atoms with E-state index in [0.29, 0.717) is 23.0 Å². The molecule has 2 amide bonds. The molecule has 1 aliphatic heterocycles. The summed E-state index contributed by atoms with van der Waals surface area (Å²) in [6.45, 7) is 2.33. The van der Waals surface area contributed by atoms with E-state index in [1.165, 1.54) is 11.8 Å². The first-order valence-electron chi connectivity index (χ1n) is 9.95. The zero-order valence-electron chi connectivity index (χ0n) is 17.1. The normalized spacial score (nSPS) is 13.4. The lowest BCUT2D eigenvalue weighted by atomic mass is 10.2. The Bertz CT molecular complexity index is 1030. The average Bonchev–Trinajstić information content (AvgIpc) is 3.55. The first-order valence-corrected chi connectivity index (χ1v) is 10.9. The number of thioether (sulfide) groups is 1. The number of nitrogens with one attached hydrogen (secondary N) is 1. The van der Waals surface area contributed by atoms with Gasteiger partial charge in [-0.1, -0.05) is 11.8 Å². The highest BCUT2D eigenvalue weighted by molar-refractivity contribution is 7.99. The number of anilines is 1. The van der Waals surface area contributed by atoms with E-state index in [2.05, 4.69) is 20.4 Å². The van der Waals surface area contributed by atoms with Crippen LogP contribution in [0.4, 0.5) is 5.95 Å². The molecule has 1 aliphatic rings. The molecule has 10 heteroatoms. The first-order chi connectivity index (χ1) is 15.1. The van der Waals surface area contributed by atoms with Crippen LogP contribution in [0.25, 0.3) is 0 Å². The zero-order valence-corrected chi connectivity index (χ0v) is 17.9. The molecule has 0 unspecified atom stereocenters. The van der Waals surface area contributed by atoms with Gasteiger partial charge in [0.25, 0.3) is 5.91 Å². The number of nitrogens with zero attached hydrogens (tertiary/aromatic N) is 4. The summed E-state index contributed by atoms with van der Waals surface area (Å²) in [5, 5.41) is 11.6. The average molecular weight is 442 g/mol. The minimum Gasteiger partial charge on any atom is -0.497 e. The van der Waals surface area contributed by atoms with Crippen molar-refractivity contribution in [2.45, 2.75) is 24.5 Å². The molecule has 2 aromatic heterocycles. The molecule has 3 heterocycles. The van der Waals surface area contributed by atoms with Crippen LogP contribution in [0.3, 0.4) is 0 Å². The van der Waals surface area contributed by atoms with E-state index in [0.717, 1.165) is 37.6 Å². The number of carbonyl (C=O) groups excluding carboxylic acids is 2. The third-order valence-corrected chi connectivity index (χ3v) is 5.88. The first kappa shape index (κ1) is 21.0. The topological polar surface area (TPSA) is 102 Å². The Hall–Kier alpha value is -3.27. The predicted octanol–water partition coefficient (Wildman–Crippen LogP) is 2.58. The second-order valence-electron chi connectivity index (χ2n) is 7.04. The molecule has 1 N–H and O–H groups in total. The fourth-order valence-corrected chi connectivity index (χ4v) is 4.08. The summed E-state index contributed by atoms with van der Waals surface area (Å²) >= 11 is 1.24. The number of amides is 2. The summed E-state index contributed by atoms with van der Waals surface area (Å²) in [6, 6.07) is 10.3. The summed E-state index contributed by atoms with van der Waals surface area (Å²) in [5.41, 5.74) is 0.386. The van der Waals surface area contributed by atoms with Gasteiger partial charge in [-0.2, -0.15) is 0 Å². The summed E-state index contributed by atoms with van der Waals surface area (Å²) < 4.78 is 12.5. The Kier molecular flexibility index (Phi) is 6.56. The van der Waals surface area contributed by atoms with Crippen molar-refractivity contribution in [3.63, 3.8) is 0 Å². The lowest BCUT2D eigenvalue weighted by molar-refractivity contribution is -0.117. The summed E-state index contributed by atoms with van der Waals surface area (Å²) in [4.78, 5) is 26.8. The Morgan fingerprint density at radius 3 is 2.61 bits per heavy atom. The molecule has 3 aromatic rings. The van der Waals surface area contributed by atoms with E-state index < -0.39 is 11.8 Å². The number of hydrogen-bond donors (Lipinski definition) is 1. The third-order valence-electron chi connectivity index (χ3n) is 4.92. The van der Waals surface area contributed by atoms with Crippen molar-refractivity contribution < 1.29 is 18.7 Å². The van der Waals surface area contributed by atoms with Gasteiger partial charge in [-0.3, -0.25) is 19.5 Å². The van der Waals surface area contributed by atoms with Gasteiger partial charge in [0.1, 0.15) is 11.5 Å². The van der Waals surface area contributed by atoms with Crippen LogP contribution in [0.15, 0.2) is 52.2 Å². The van der Waals surface area contributed by atoms with Crippen molar-refractivity contribution in [2.24, 2.45) is 0 Å². The molecular weight excluding hydrogens is 418 g/mol. The largest absolute Gasteiger partial charge is 0.497 e. The fraction of sp³-hybridized carbons (Fsp3) is 0.333. The molecule has 0 spiro atoms. The van der Waals surface area contributed by atoms with Crippen molar-refractivity contribution in [1.29, 1.82) is 0 Å². The van der Waals surface area contributed by atoms with Gasteiger partial charge in [0.2, 0.25) is 11.9 Å². The van der Waals surface area contributed by atoms with Crippen molar-refractivity contribution >= 4 is 29.5 Å². The fourth-order valence-electron chi connectivity index (χ4n) is 3.34. The van der Waals surface area contributed by atoms with Crippen LogP contribution in [0, 0.1) is 0 Å². The number of methoxy groups -OCH3 is 1. The van der Waals surface area contributed by atoms with E-state index in [4.69, 9.17) is 9.15 Å². The number of furan rings is 1. The van der Waals surface area contributed by atoms with E-state index in [9.17, 15) is 9.59 Å². The third kappa shape index (κ3) is 5.08. The molecule has 1 saturated heterocycles. The van der Waals surface area contributed by atoms with Gasteiger partial charge in [0.15, 0.2) is 5.16 Å². The smallest absolute Gasteiger partial charge is 0.257 e. The van der Waals surface area contributed by atoms with Gasteiger partial charge >= 0.3 is 0 Å². The van der Waals surface area contributed by atoms with E-state index in [1.54, 1.807) is 37.6 Å². The second-order valence-corrected chi connectivity index (χ2v) is 7.98. The van der Waals surface area contributed by atoms with Crippen molar-refractivity contribution in [1.82, 2.24) is 20.1 Å². The molecule has 0 aliphatic carbocycles. The molecule has 1 fully saturated rings. The number of imide groups is 1. The van der Waals surface area contributed by atoms with Gasteiger partial charge in [0, 0.05) is 18.7 Å². The van der Waals surface area contributed by atoms with Crippen molar-refractivity contribution in [3.05, 3.63) is 54.0 Å². The van der Waals surface area contributed by atoms with Crippen LogP contribution in [0.1, 0.15) is 29.0 Å². The second kappa shape index (κ2) is 9.69. The number of rotatable bonds is 8. The van der Waals surface area contributed by atoms with Crippen LogP contribution in [0.5, 0.6) is 5.75 Å². The predicted molar refractivity (Wildman–Crippen MR) is 115 cm³/mol. The van der Waals surface area contributed by atoms with Crippen LogP contribution in [0.2, 0.25) is 0 Å². The van der Waals surface area contributed by atoms with Gasteiger partial charge in [-0.25, -0.2) is 0 Å². The number of ether oxygens (including phenoxy) is 1. The highest BCUT2D eigenvalue weighted by Crippen LogP contribution is 2.26. The maximum Gasteiger partial charge on any atom is 0.257 e. The van der Waals surface area contributed by atoms with Gasteiger partial charge < -0.3 is 14.1 Å². The van der Waals surface area contributed by atoms with Crippen LogP contribution >= 0.6 is 11.8 Å². The summed E-state index contributed by atoms with van der Waals surface area (Å²) in [6.07, 6.45) is 3.86. The van der Waals surface area contributed by atoms with E-state index in [1.807, 2.05) is 16.7 Å². The molecule has 162 valence electrons. The molecule has 0 atom stereocenters. The maximum absolute atomic E-state index is 12.4. The molecule has 1 aromatic carbocycles. The quantitative estimate of drug-likeness (QED) is 0.532. The summed E-state index contributed by atoms with van der Waals surface area (Å²) in [5.74, 6) is 1.37. The van der Waals surface area contributed by atoms with E-state index in [-0.39, 0.29) is 5.75 Å². The van der Waals surface area contributed by atoms with Crippen LogP contribution < -0.4 is 15.0 Å². The molecule has 0 radical (unpaired) electrons. The molecule has 9 nitrogen and oxygen atoms in total. The number of hydrogen-bond acceptors (Lipinski definition) is 8. The SMILES string of the molecule is COc1ccc(C(=O)NC(=O)CSc2nnc(N3CCCC3)n2Cc2ccco2)cc1. The lowest BCUT2D eigenvalue weighted by Crippen LogP contribution is -2.31. The zero-order chi connectivity index (χ0) is 21.6. The molecule has 0 saturated carbocycles. The highest BCUT2D eigenvalue weighted by atomic mass is 32.2. The molecular formula is C21H23N5O4S. The minimum absolute atomic E-state index is 0.0399. The monoisotopic (exact) mass is 441 g/mol. The minimum atomic E-state index is -0.455. The van der Waals surface area contributed by atoms with Gasteiger partial charge in [0.05, 0.1) is 25.7 Å². The molecule has 0 bridgehead atoms. The van der Waals surface area contributed by atoms with Crippen LogP contribution in [-0.4, -0.2) is 52.5 Å². The molecule has 31 heavy (non-hydrogen) atoms. The van der Waals surface area contributed by atoms with Gasteiger partial charge in [-0.15, -0.1) is 10.2 Å². The Morgan fingerprint density at radius 2 is 1.94 bits per heavy atom. The van der Waals surface area contributed by atoms with Crippen molar-refractivity contribution in [2.75, 3.05) is 30.9 Å². The van der Waals surface area contributed by atoms with Crippen molar-refractivity contribution in [3.8, 4) is 5.75 Å². The number of carbonyl (C=O) groups is 2. The Labute approximate surface area is 183 Å². The lowest BCUT2D eigenvalue weighted by Gasteiger charge is -2.17. The molecule has 4 rings (SSSR count). The number of aromatic nitrogens is 3.